The normalized spacial score (nSPS) is 10.7. The van der Waals surface area contributed by atoms with Gasteiger partial charge in [0.1, 0.15) is 24.7 Å². The lowest BCUT2D eigenvalue weighted by Crippen LogP contribution is -2.13. The molecule has 0 saturated carbocycles. The fourth-order valence-electron chi connectivity index (χ4n) is 2.08. The summed E-state index contributed by atoms with van der Waals surface area (Å²) >= 11 is 0. The summed E-state index contributed by atoms with van der Waals surface area (Å²) in [4.78, 5) is 10.8. The maximum atomic E-state index is 10.8. The van der Waals surface area contributed by atoms with E-state index < -0.39 is 0 Å². The number of hydrogen-bond donors (Lipinski definition) is 1. The Hall–Kier alpha value is -2.86. The van der Waals surface area contributed by atoms with Crippen molar-refractivity contribution >= 4 is 12.1 Å². The molecular formula is C20H24N2O4. The van der Waals surface area contributed by atoms with Gasteiger partial charge in [0.05, 0.1) is 19.4 Å². The Kier molecular flexibility index (Phi) is 8.15. The number of nitrogens with one attached hydrogen (secondary N) is 1. The predicted molar refractivity (Wildman–Crippen MR) is 101 cm³/mol. The second-order valence-electron chi connectivity index (χ2n) is 5.59. The van der Waals surface area contributed by atoms with Crippen LogP contribution in [0.1, 0.15) is 18.1 Å². The molecule has 138 valence electrons. The van der Waals surface area contributed by atoms with Crippen molar-refractivity contribution in [3.63, 3.8) is 0 Å². The van der Waals surface area contributed by atoms with E-state index in [1.165, 1.54) is 12.5 Å². The summed E-state index contributed by atoms with van der Waals surface area (Å²) in [6, 6.07) is 15.4. The molecule has 2 aromatic rings. The third-order valence-electron chi connectivity index (χ3n) is 3.35. The predicted octanol–water partition coefficient (Wildman–Crippen LogP) is 2.94. The molecule has 2 rings (SSSR count). The van der Waals surface area contributed by atoms with Crippen LogP contribution in [-0.2, 0) is 9.53 Å². The molecule has 0 radical (unpaired) electrons. The van der Waals surface area contributed by atoms with E-state index in [2.05, 4.69) is 10.5 Å². The van der Waals surface area contributed by atoms with Crippen LogP contribution in [0, 0.1) is 6.92 Å². The van der Waals surface area contributed by atoms with E-state index in [4.69, 9.17) is 14.2 Å². The summed E-state index contributed by atoms with van der Waals surface area (Å²) in [5.41, 5.74) is 4.35. The van der Waals surface area contributed by atoms with Gasteiger partial charge in [0.25, 0.3) is 0 Å². The number of carbonyl (C=O) groups excluding carboxylic acids is 1. The Balaban J connectivity index is 1.64. The average molecular weight is 356 g/mol. The lowest BCUT2D eigenvalue weighted by atomic mass is 10.2. The molecule has 0 heterocycles. The van der Waals surface area contributed by atoms with Gasteiger partial charge < -0.3 is 14.2 Å². The third-order valence-corrected chi connectivity index (χ3v) is 3.35. The fourth-order valence-corrected chi connectivity index (χ4v) is 2.08. The maximum absolute atomic E-state index is 10.8. The molecule has 0 aliphatic heterocycles. The van der Waals surface area contributed by atoms with E-state index in [1.54, 1.807) is 6.21 Å². The van der Waals surface area contributed by atoms with Crippen LogP contribution in [-0.4, -0.2) is 38.5 Å². The van der Waals surface area contributed by atoms with Crippen molar-refractivity contribution in [1.82, 2.24) is 5.43 Å². The molecule has 0 saturated heterocycles. The first-order valence-electron chi connectivity index (χ1n) is 8.44. The van der Waals surface area contributed by atoms with Crippen molar-refractivity contribution < 1.29 is 19.0 Å². The summed E-state index contributed by atoms with van der Waals surface area (Å²) < 4.78 is 16.8. The van der Waals surface area contributed by atoms with Gasteiger partial charge in [-0.15, -0.1) is 0 Å². The number of nitrogens with zero attached hydrogens (tertiary/aromatic N) is 1. The Morgan fingerprint density at radius 1 is 1.00 bits per heavy atom. The van der Waals surface area contributed by atoms with Crippen LogP contribution in [0.15, 0.2) is 53.6 Å². The highest BCUT2D eigenvalue weighted by Crippen LogP contribution is 2.15. The molecule has 1 amide bonds. The highest BCUT2D eigenvalue weighted by Gasteiger charge is 2.01. The Bertz CT molecular complexity index is 714. The third kappa shape index (κ3) is 7.36. The number of amides is 1. The highest BCUT2D eigenvalue weighted by molar-refractivity contribution is 5.84. The van der Waals surface area contributed by atoms with Crippen molar-refractivity contribution in [2.45, 2.75) is 13.8 Å². The smallest absolute Gasteiger partial charge is 0.236 e. The van der Waals surface area contributed by atoms with E-state index in [-0.39, 0.29) is 5.91 Å². The van der Waals surface area contributed by atoms with E-state index in [0.717, 1.165) is 11.3 Å². The summed E-state index contributed by atoms with van der Waals surface area (Å²) in [6.45, 7) is 5.28. The molecule has 6 nitrogen and oxygen atoms in total. The minimum absolute atomic E-state index is 0.221. The second kappa shape index (κ2) is 10.9. The van der Waals surface area contributed by atoms with Gasteiger partial charge in [-0.3, -0.25) is 4.79 Å². The zero-order valence-electron chi connectivity index (χ0n) is 15.1. The van der Waals surface area contributed by atoms with E-state index in [9.17, 15) is 4.79 Å². The maximum Gasteiger partial charge on any atom is 0.236 e. The topological polar surface area (TPSA) is 69.2 Å². The number of benzene rings is 2. The first-order chi connectivity index (χ1) is 12.6. The van der Waals surface area contributed by atoms with Crippen molar-refractivity contribution in [2.24, 2.45) is 5.10 Å². The number of ether oxygens (including phenoxy) is 3. The molecule has 0 spiro atoms. The van der Waals surface area contributed by atoms with Gasteiger partial charge in [-0.2, -0.15) is 5.10 Å². The van der Waals surface area contributed by atoms with Gasteiger partial charge in [0, 0.05) is 12.5 Å². The lowest BCUT2D eigenvalue weighted by Gasteiger charge is -2.10. The van der Waals surface area contributed by atoms with Crippen LogP contribution < -0.4 is 14.9 Å². The molecule has 0 aromatic heterocycles. The van der Waals surface area contributed by atoms with E-state index in [1.807, 2.05) is 55.5 Å². The second-order valence-corrected chi connectivity index (χ2v) is 5.59. The van der Waals surface area contributed by atoms with Gasteiger partial charge in [-0.1, -0.05) is 29.8 Å². The van der Waals surface area contributed by atoms with Crippen LogP contribution in [0.25, 0.3) is 0 Å². The van der Waals surface area contributed by atoms with Gasteiger partial charge >= 0.3 is 0 Å². The van der Waals surface area contributed by atoms with Crippen molar-refractivity contribution in [2.75, 3.05) is 26.4 Å². The zero-order chi connectivity index (χ0) is 18.6. The molecule has 26 heavy (non-hydrogen) atoms. The van der Waals surface area contributed by atoms with E-state index in [0.29, 0.717) is 32.2 Å². The van der Waals surface area contributed by atoms with Crippen molar-refractivity contribution in [3.8, 4) is 11.5 Å². The summed E-state index contributed by atoms with van der Waals surface area (Å²) in [5, 5.41) is 3.85. The Morgan fingerprint density at radius 3 is 2.42 bits per heavy atom. The number of carbonyl (C=O) groups is 1. The standard InChI is InChI=1S/C20H24N2O4/c1-16-7-9-19(10-8-16)25-13-11-24-12-14-26-20-6-4-3-5-18(20)15-21-22-17(2)23/h3-10,15H,11-14H2,1-2H3,(H,22,23)/b21-15-. The fraction of sp³-hybridized carbons (Fsp3) is 0.300. The lowest BCUT2D eigenvalue weighted by molar-refractivity contribution is -0.118. The Labute approximate surface area is 153 Å². The summed E-state index contributed by atoms with van der Waals surface area (Å²) in [5.74, 6) is 1.30. The highest BCUT2D eigenvalue weighted by atomic mass is 16.5. The molecular weight excluding hydrogens is 332 g/mol. The van der Waals surface area contributed by atoms with Crippen LogP contribution in [0.2, 0.25) is 0 Å². The summed E-state index contributed by atoms with van der Waals surface area (Å²) in [6.07, 6.45) is 1.55. The molecule has 0 unspecified atom stereocenters. The quantitative estimate of drug-likeness (QED) is 0.404. The SMILES string of the molecule is CC(=O)N/N=C\c1ccccc1OCCOCCOc1ccc(C)cc1. The number of hydrazone groups is 1. The molecule has 0 atom stereocenters. The molecule has 2 aromatic carbocycles. The minimum Gasteiger partial charge on any atom is -0.491 e. The van der Waals surface area contributed by atoms with Crippen molar-refractivity contribution in [1.29, 1.82) is 0 Å². The molecule has 0 aliphatic carbocycles. The first-order valence-corrected chi connectivity index (χ1v) is 8.44. The molecule has 6 heteroatoms. The average Bonchev–Trinajstić information content (AvgIpc) is 2.63. The van der Waals surface area contributed by atoms with Crippen LogP contribution in [0.3, 0.4) is 0 Å². The number of para-hydroxylation sites is 1. The minimum atomic E-state index is -0.221. The first kappa shape index (κ1) is 19.5. The molecule has 0 aliphatic rings. The summed E-state index contributed by atoms with van der Waals surface area (Å²) in [7, 11) is 0. The largest absolute Gasteiger partial charge is 0.491 e. The monoisotopic (exact) mass is 356 g/mol. The van der Waals surface area contributed by atoms with Gasteiger partial charge in [-0.25, -0.2) is 5.43 Å². The number of rotatable bonds is 10. The van der Waals surface area contributed by atoms with Crippen LogP contribution in [0.4, 0.5) is 0 Å². The van der Waals surface area contributed by atoms with Gasteiger partial charge in [0.15, 0.2) is 0 Å². The molecule has 0 fully saturated rings. The van der Waals surface area contributed by atoms with Gasteiger partial charge in [0.2, 0.25) is 5.91 Å². The Morgan fingerprint density at radius 2 is 1.69 bits per heavy atom. The number of aryl methyl sites for hydroxylation is 1. The van der Waals surface area contributed by atoms with E-state index >= 15 is 0 Å². The van der Waals surface area contributed by atoms with Crippen LogP contribution >= 0.6 is 0 Å². The van der Waals surface area contributed by atoms with Crippen LogP contribution in [0.5, 0.6) is 11.5 Å². The van der Waals surface area contributed by atoms with Gasteiger partial charge in [-0.05, 0) is 31.2 Å². The zero-order valence-corrected chi connectivity index (χ0v) is 15.1. The molecule has 1 N–H and O–H groups in total. The number of hydrogen-bond acceptors (Lipinski definition) is 5. The van der Waals surface area contributed by atoms with Crippen molar-refractivity contribution in [3.05, 3.63) is 59.7 Å². The molecule has 0 bridgehead atoms.